The summed E-state index contributed by atoms with van der Waals surface area (Å²) in [6.07, 6.45) is 2.46. The van der Waals surface area contributed by atoms with E-state index in [9.17, 15) is 0 Å². The lowest BCUT2D eigenvalue weighted by atomic mass is 9.87. The average molecular weight is 465 g/mol. The summed E-state index contributed by atoms with van der Waals surface area (Å²) >= 11 is 0. The molecular formula is C18H36IN5O. The number of guanidine groups is 1. The van der Waals surface area contributed by atoms with Crippen LogP contribution in [0.4, 0.5) is 0 Å². The Morgan fingerprint density at radius 3 is 2.48 bits per heavy atom. The van der Waals surface area contributed by atoms with Crippen LogP contribution in [0.2, 0.25) is 0 Å². The zero-order chi connectivity index (χ0) is 16.8. The molecule has 3 fully saturated rings. The van der Waals surface area contributed by atoms with Gasteiger partial charge in [-0.2, -0.15) is 0 Å². The van der Waals surface area contributed by atoms with Crippen LogP contribution in [0.3, 0.4) is 0 Å². The molecule has 3 aliphatic heterocycles. The number of nitrogens with one attached hydrogen (secondary N) is 1. The van der Waals surface area contributed by atoms with E-state index in [4.69, 9.17) is 9.73 Å². The lowest BCUT2D eigenvalue weighted by Gasteiger charge is -2.33. The van der Waals surface area contributed by atoms with Gasteiger partial charge in [0.15, 0.2) is 5.96 Å². The maximum absolute atomic E-state index is 5.65. The summed E-state index contributed by atoms with van der Waals surface area (Å²) in [4.78, 5) is 12.4. The molecule has 7 heteroatoms. The second kappa shape index (κ2) is 10.3. The number of nitrogens with zero attached hydrogens (tertiary/aromatic N) is 4. The lowest BCUT2D eigenvalue weighted by Crippen LogP contribution is -2.47. The Morgan fingerprint density at radius 2 is 1.84 bits per heavy atom. The highest BCUT2D eigenvalue weighted by molar-refractivity contribution is 14.0. The normalized spacial score (nSPS) is 28.6. The van der Waals surface area contributed by atoms with Gasteiger partial charge in [0.05, 0.1) is 13.2 Å². The van der Waals surface area contributed by atoms with Crippen molar-refractivity contribution in [1.82, 2.24) is 20.0 Å². The fourth-order valence-electron chi connectivity index (χ4n) is 4.14. The van der Waals surface area contributed by atoms with E-state index in [0.717, 1.165) is 51.9 Å². The molecule has 1 unspecified atom stereocenters. The Morgan fingerprint density at radius 1 is 1.08 bits per heavy atom. The molecule has 0 aliphatic carbocycles. The summed E-state index contributed by atoms with van der Waals surface area (Å²) in [6, 6.07) is 0. The van der Waals surface area contributed by atoms with Crippen molar-refractivity contribution in [2.45, 2.75) is 26.7 Å². The third-order valence-corrected chi connectivity index (χ3v) is 5.85. The Labute approximate surface area is 170 Å². The number of ether oxygens (including phenoxy) is 1. The standard InChI is InChI=1S/C18H35N5O.HI/c1-3-19-17(23-8-5-18(15-23)6-14-24-16-18)20-7-9-22-12-10-21(4-2)11-13-22;/h3-16H2,1-2H3,(H,19,20);1H. The molecule has 146 valence electrons. The van der Waals surface area contributed by atoms with Gasteiger partial charge in [-0.3, -0.25) is 9.89 Å². The highest BCUT2D eigenvalue weighted by Crippen LogP contribution is 2.38. The van der Waals surface area contributed by atoms with Gasteiger partial charge in [-0.1, -0.05) is 6.92 Å². The van der Waals surface area contributed by atoms with Crippen LogP contribution >= 0.6 is 24.0 Å². The van der Waals surface area contributed by atoms with Crippen LogP contribution in [0.5, 0.6) is 0 Å². The van der Waals surface area contributed by atoms with Crippen molar-refractivity contribution >= 4 is 29.9 Å². The quantitative estimate of drug-likeness (QED) is 0.377. The maximum atomic E-state index is 5.65. The fraction of sp³-hybridized carbons (Fsp3) is 0.944. The Kier molecular flexibility index (Phi) is 8.71. The second-order valence-corrected chi connectivity index (χ2v) is 7.49. The van der Waals surface area contributed by atoms with Crippen molar-refractivity contribution in [3.63, 3.8) is 0 Å². The summed E-state index contributed by atoms with van der Waals surface area (Å²) < 4.78 is 5.65. The molecule has 1 spiro atoms. The molecule has 3 saturated heterocycles. The number of halogens is 1. The predicted octanol–water partition coefficient (Wildman–Crippen LogP) is 1.32. The molecular weight excluding hydrogens is 429 g/mol. The van der Waals surface area contributed by atoms with Gasteiger partial charge in [-0.05, 0) is 26.3 Å². The molecule has 0 bridgehead atoms. The first-order chi connectivity index (χ1) is 11.7. The minimum Gasteiger partial charge on any atom is -0.381 e. The molecule has 1 atom stereocenters. The number of hydrogen-bond acceptors (Lipinski definition) is 4. The van der Waals surface area contributed by atoms with E-state index in [1.54, 1.807) is 0 Å². The Bertz CT molecular complexity index is 420. The first-order valence-electron chi connectivity index (χ1n) is 9.80. The van der Waals surface area contributed by atoms with Crippen molar-refractivity contribution in [2.75, 3.05) is 78.7 Å². The summed E-state index contributed by atoms with van der Waals surface area (Å²) in [5.41, 5.74) is 0.396. The smallest absolute Gasteiger partial charge is 0.193 e. The molecule has 25 heavy (non-hydrogen) atoms. The highest BCUT2D eigenvalue weighted by atomic mass is 127. The zero-order valence-electron chi connectivity index (χ0n) is 16.0. The van der Waals surface area contributed by atoms with Gasteiger partial charge in [0, 0.05) is 64.4 Å². The number of piperazine rings is 1. The van der Waals surface area contributed by atoms with E-state index in [0.29, 0.717) is 5.41 Å². The zero-order valence-corrected chi connectivity index (χ0v) is 18.3. The molecule has 3 heterocycles. The monoisotopic (exact) mass is 465 g/mol. The number of hydrogen-bond donors (Lipinski definition) is 1. The van der Waals surface area contributed by atoms with E-state index in [-0.39, 0.29) is 24.0 Å². The molecule has 0 aromatic carbocycles. The van der Waals surface area contributed by atoms with Crippen LogP contribution in [0.1, 0.15) is 26.7 Å². The van der Waals surface area contributed by atoms with Crippen molar-refractivity contribution < 1.29 is 4.74 Å². The van der Waals surface area contributed by atoms with Crippen LogP contribution in [0, 0.1) is 5.41 Å². The third kappa shape index (κ3) is 5.68. The SMILES string of the molecule is CCNC(=NCCN1CCN(CC)CC1)N1CCC2(CCOC2)C1.I. The molecule has 3 aliphatic rings. The summed E-state index contributed by atoms with van der Waals surface area (Å²) in [7, 11) is 0. The van der Waals surface area contributed by atoms with Gasteiger partial charge in [0.1, 0.15) is 0 Å². The van der Waals surface area contributed by atoms with Crippen molar-refractivity contribution in [3.05, 3.63) is 0 Å². The van der Waals surface area contributed by atoms with Crippen molar-refractivity contribution in [1.29, 1.82) is 0 Å². The van der Waals surface area contributed by atoms with Crippen LogP contribution in [-0.2, 0) is 4.74 Å². The molecule has 0 aromatic rings. The lowest BCUT2D eigenvalue weighted by molar-refractivity contribution is 0.140. The van der Waals surface area contributed by atoms with Gasteiger partial charge in [-0.25, -0.2) is 0 Å². The maximum Gasteiger partial charge on any atom is 0.193 e. The number of likely N-dealkylation sites (tertiary alicyclic amines) is 1. The third-order valence-electron chi connectivity index (χ3n) is 5.85. The fourth-order valence-corrected chi connectivity index (χ4v) is 4.14. The van der Waals surface area contributed by atoms with Crippen molar-refractivity contribution in [3.8, 4) is 0 Å². The van der Waals surface area contributed by atoms with E-state index in [1.165, 1.54) is 45.6 Å². The largest absolute Gasteiger partial charge is 0.381 e. The molecule has 6 nitrogen and oxygen atoms in total. The molecule has 1 N–H and O–H groups in total. The van der Waals surface area contributed by atoms with E-state index >= 15 is 0 Å². The summed E-state index contributed by atoms with van der Waals surface area (Å²) in [5, 5.41) is 3.49. The molecule has 0 amide bonds. The Hall–Kier alpha value is -0.120. The van der Waals surface area contributed by atoms with Gasteiger partial charge in [0.2, 0.25) is 0 Å². The minimum absolute atomic E-state index is 0. The number of likely N-dealkylation sites (N-methyl/N-ethyl adjacent to an activating group) is 1. The molecule has 0 saturated carbocycles. The second-order valence-electron chi connectivity index (χ2n) is 7.49. The summed E-state index contributed by atoms with van der Waals surface area (Å²) in [5.74, 6) is 1.11. The van der Waals surface area contributed by atoms with Crippen LogP contribution in [-0.4, -0.2) is 99.3 Å². The van der Waals surface area contributed by atoms with E-state index < -0.39 is 0 Å². The number of aliphatic imine (C=N–C) groups is 1. The van der Waals surface area contributed by atoms with Crippen LogP contribution < -0.4 is 5.32 Å². The van der Waals surface area contributed by atoms with Crippen LogP contribution in [0.25, 0.3) is 0 Å². The average Bonchev–Trinajstić information content (AvgIpc) is 3.25. The highest BCUT2D eigenvalue weighted by Gasteiger charge is 2.42. The van der Waals surface area contributed by atoms with Gasteiger partial charge < -0.3 is 19.9 Å². The minimum atomic E-state index is 0. The van der Waals surface area contributed by atoms with E-state index in [1.807, 2.05) is 0 Å². The summed E-state index contributed by atoms with van der Waals surface area (Å²) in [6.45, 7) is 17.4. The van der Waals surface area contributed by atoms with Gasteiger partial charge >= 0.3 is 0 Å². The first kappa shape index (κ1) is 21.2. The number of rotatable bonds is 5. The van der Waals surface area contributed by atoms with Crippen molar-refractivity contribution in [2.24, 2.45) is 10.4 Å². The van der Waals surface area contributed by atoms with E-state index in [2.05, 4.69) is 33.9 Å². The predicted molar refractivity (Wildman–Crippen MR) is 114 cm³/mol. The molecule has 0 aromatic heterocycles. The topological polar surface area (TPSA) is 43.3 Å². The van der Waals surface area contributed by atoms with Gasteiger partial charge in [0.25, 0.3) is 0 Å². The Balaban J connectivity index is 0.00000225. The van der Waals surface area contributed by atoms with Gasteiger partial charge in [-0.15, -0.1) is 24.0 Å². The van der Waals surface area contributed by atoms with Crippen LogP contribution in [0.15, 0.2) is 4.99 Å². The first-order valence-corrected chi connectivity index (χ1v) is 9.80. The molecule has 3 rings (SSSR count). The molecule has 0 radical (unpaired) electrons.